The molecule has 0 fully saturated rings. The van der Waals surface area contributed by atoms with Gasteiger partial charge in [0.1, 0.15) is 13.2 Å². The Labute approximate surface area is 187 Å². The first-order valence-corrected chi connectivity index (χ1v) is 11.6. The zero-order valence-electron chi connectivity index (χ0n) is 18.2. The van der Waals surface area contributed by atoms with Crippen molar-refractivity contribution in [2.24, 2.45) is 5.92 Å². The summed E-state index contributed by atoms with van der Waals surface area (Å²) < 4.78 is 44.2. The molecule has 1 atom stereocenters. The van der Waals surface area contributed by atoms with Gasteiger partial charge in [-0.05, 0) is 31.2 Å². The SMILES string of the molecule is CCN(CC(C)C(=O)OC)C(=O)c1ccccc1NS(=O)(=O)c1ccc2c(c1)OCCO2. The van der Waals surface area contributed by atoms with Crippen molar-refractivity contribution in [3.05, 3.63) is 48.0 Å². The maximum atomic E-state index is 13.2. The average Bonchev–Trinajstić information content (AvgIpc) is 2.81. The fourth-order valence-corrected chi connectivity index (χ4v) is 4.38. The Hall–Kier alpha value is -3.27. The van der Waals surface area contributed by atoms with Gasteiger partial charge in [-0.25, -0.2) is 8.42 Å². The zero-order valence-corrected chi connectivity index (χ0v) is 19.0. The number of nitrogens with one attached hydrogen (secondary N) is 1. The standard InChI is InChI=1S/C22H26N2O7S/c1-4-24(14-15(2)22(26)29-3)21(25)17-7-5-6-8-18(17)23-32(27,28)16-9-10-19-20(13-16)31-12-11-30-19/h5-10,13,15,23H,4,11-12,14H2,1-3H3. The molecule has 1 heterocycles. The lowest BCUT2D eigenvalue weighted by atomic mass is 10.1. The summed E-state index contributed by atoms with van der Waals surface area (Å²) in [4.78, 5) is 26.4. The minimum absolute atomic E-state index is 0.0179. The van der Waals surface area contributed by atoms with E-state index >= 15 is 0 Å². The van der Waals surface area contributed by atoms with Crippen molar-refractivity contribution < 1.29 is 32.2 Å². The molecule has 172 valence electrons. The number of anilines is 1. The van der Waals surface area contributed by atoms with Gasteiger partial charge in [-0.1, -0.05) is 19.1 Å². The van der Waals surface area contributed by atoms with Crippen LogP contribution in [-0.2, 0) is 19.6 Å². The third-order valence-electron chi connectivity index (χ3n) is 4.99. The van der Waals surface area contributed by atoms with Gasteiger partial charge in [0.2, 0.25) is 0 Å². The summed E-state index contributed by atoms with van der Waals surface area (Å²) in [6, 6.07) is 10.7. The third-order valence-corrected chi connectivity index (χ3v) is 6.36. The molecule has 0 aromatic heterocycles. The summed E-state index contributed by atoms with van der Waals surface area (Å²) in [5.74, 6) is -0.528. The maximum Gasteiger partial charge on any atom is 0.310 e. The number of hydrogen-bond donors (Lipinski definition) is 1. The van der Waals surface area contributed by atoms with E-state index in [2.05, 4.69) is 4.72 Å². The van der Waals surface area contributed by atoms with E-state index in [1.807, 2.05) is 0 Å². The van der Waals surface area contributed by atoms with Gasteiger partial charge < -0.3 is 19.1 Å². The molecule has 10 heteroatoms. The number of methoxy groups -OCH3 is 1. The van der Waals surface area contributed by atoms with Gasteiger partial charge in [-0.3, -0.25) is 14.3 Å². The quantitative estimate of drug-likeness (QED) is 0.600. The van der Waals surface area contributed by atoms with Crippen molar-refractivity contribution in [3.63, 3.8) is 0 Å². The summed E-state index contributed by atoms with van der Waals surface area (Å²) in [7, 11) is -2.72. The summed E-state index contributed by atoms with van der Waals surface area (Å²) in [5.41, 5.74) is 0.309. The molecule has 0 bridgehead atoms. The fraction of sp³-hybridized carbons (Fsp3) is 0.364. The average molecular weight is 463 g/mol. The molecule has 0 aliphatic carbocycles. The Morgan fingerprint density at radius 1 is 1.12 bits per heavy atom. The molecule has 0 radical (unpaired) electrons. The van der Waals surface area contributed by atoms with Crippen LogP contribution in [0, 0.1) is 5.92 Å². The van der Waals surface area contributed by atoms with Crippen molar-refractivity contribution in [1.82, 2.24) is 4.90 Å². The molecule has 1 aliphatic heterocycles. The van der Waals surface area contributed by atoms with Crippen LogP contribution in [0.3, 0.4) is 0 Å². The highest BCUT2D eigenvalue weighted by molar-refractivity contribution is 7.92. The normalized spacial score (nSPS) is 13.7. The topological polar surface area (TPSA) is 111 Å². The first kappa shape index (κ1) is 23.4. The second-order valence-electron chi connectivity index (χ2n) is 7.22. The van der Waals surface area contributed by atoms with Gasteiger partial charge in [-0.2, -0.15) is 0 Å². The number of esters is 1. The highest BCUT2D eigenvalue weighted by Crippen LogP contribution is 2.33. The highest BCUT2D eigenvalue weighted by Gasteiger charge is 2.25. The molecule has 1 unspecified atom stereocenters. The van der Waals surface area contributed by atoms with Crippen molar-refractivity contribution in [2.75, 3.05) is 38.1 Å². The van der Waals surface area contributed by atoms with E-state index < -0.39 is 27.8 Å². The van der Waals surface area contributed by atoms with E-state index in [1.54, 1.807) is 26.0 Å². The van der Waals surface area contributed by atoms with E-state index in [9.17, 15) is 18.0 Å². The molecule has 2 aromatic rings. The highest BCUT2D eigenvalue weighted by atomic mass is 32.2. The fourth-order valence-electron chi connectivity index (χ4n) is 3.29. The van der Waals surface area contributed by atoms with Gasteiger partial charge in [0.05, 0.1) is 29.2 Å². The Kier molecular flexibility index (Phi) is 7.24. The molecule has 1 N–H and O–H groups in total. The zero-order chi connectivity index (χ0) is 23.3. The molecule has 0 saturated carbocycles. The Balaban J connectivity index is 1.85. The first-order chi connectivity index (χ1) is 15.3. The molecule has 2 aromatic carbocycles. The van der Waals surface area contributed by atoms with E-state index in [0.29, 0.717) is 31.3 Å². The molecular formula is C22H26N2O7S. The van der Waals surface area contributed by atoms with Gasteiger partial charge in [-0.15, -0.1) is 0 Å². The lowest BCUT2D eigenvalue weighted by Crippen LogP contribution is -2.37. The number of para-hydroxylation sites is 1. The number of carbonyl (C=O) groups excluding carboxylic acids is 2. The van der Waals surface area contributed by atoms with Crippen LogP contribution in [0.15, 0.2) is 47.4 Å². The molecular weight excluding hydrogens is 436 g/mol. The van der Waals surface area contributed by atoms with Gasteiger partial charge in [0, 0.05) is 19.2 Å². The van der Waals surface area contributed by atoms with Crippen LogP contribution >= 0.6 is 0 Å². The third kappa shape index (κ3) is 5.13. The van der Waals surface area contributed by atoms with E-state index in [-0.39, 0.29) is 22.7 Å². The first-order valence-electron chi connectivity index (χ1n) is 10.2. The number of amides is 1. The van der Waals surface area contributed by atoms with Crippen molar-refractivity contribution in [2.45, 2.75) is 18.7 Å². The molecule has 1 amide bonds. The number of fused-ring (bicyclic) bond motifs is 1. The minimum Gasteiger partial charge on any atom is -0.486 e. The molecule has 3 rings (SSSR count). The molecule has 0 spiro atoms. The van der Waals surface area contributed by atoms with Gasteiger partial charge in [0.15, 0.2) is 11.5 Å². The van der Waals surface area contributed by atoms with Crippen molar-refractivity contribution in [1.29, 1.82) is 0 Å². The number of benzene rings is 2. The lowest BCUT2D eigenvalue weighted by Gasteiger charge is -2.25. The number of ether oxygens (including phenoxy) is 3. The van der Waals surface area contributed by atoms with Crippen LogP contribution in [0.1, 0.15) is 24.2 Å². The van der Waals surface area contributed by atoms with Gasteiger partial charge in [0.25, 0.3) is 15.9 Å². The van der Waals surface area contributed by atoms with Crippen LogP contribution in [0.4, 0.5) is 5.69 Å². The van der Waals surface area contributed by atoms with Crippen LogP contribution in [0.5, 0.6) is 11.5 Å². The van der Waals surface area contributed by atoms with Gasteiger partial charge >= 0.3 is 5.97 Å². The Morgan fingerprint density at radius 2 is 1.81 bits per heavy atom. The predicted octanol–water partition coefficient (Wildman–Crippen LogP) is 2.53. The van der Waals surface area contributed by atoms with Crippen LogP contribution in [-0.4, -0.2) is 58.6 Å². The molecule has 32 heavy (non-hydrogen) atoms. The van der Waals surface area contributed by atoms with E-state index in [4.69, 9.17) is 14.2 Å². The lowest BCUT2D eigenvalue weighted by molar-refractivity contribution is -0.145. The number of nitrogens with zero attached hydrogens (tertiary/aromatic N) is 1. The summed E-state index contributed by atoms with van der Waals surface area (Å²) in [6.07, 6.45) is 0. The van der Waals surface area contributed by atoms with Crippen LogP contribution in [0.25, 0.3) is 0 Å². The largest absolute Gasteiger partial charge is 0.486 e. The second-order valence-corrected chi connectivity index (χ2v) is 8.91. The number of hydrogen-bond acceptors (Lipinski definition) is 7. The number of rotatable bonds is 8. The van der Waals surface area contributed by atoms with E-state index in [0.717, 1.165) is 0 Å². The number of carbonyl (C=O) groups is 2. The molecule has 0 saturated heterocycles. The van der Waals surface area contributed by atoms with Crippen molar-refractivity contribution >= 4 is 27.6 Å². The second kappa shape index (κ2) is 9.90. The summed E-state index contributed by atoms with van der Waals surface area (Å²) in [6.45, 7) is 4.66. The minimum atomic E-state index is -4.01. The summed E-state index contributed by atoms with van der Waals surface area (Å²) >= 11 is 0. The van der Waals surface area contributed by atoms with Crippen LogP contribution in [0.2, 0.25) is 0 Å². The molecule has 9 nitrogen and oxygen atoms in total. The van der Waals surface area contributed by atoms with E-state index in [1.165, 1.54) is 42.3 Å². The number of sulfonamides is 1. The summed E-state index contributed by atoms with van der Waals surface area (Å²) in [5, 5.41) is 0. The Morgan fingerprint density at radius 3 is 2.50 bits per heavy atom. The van der Waals surface area contributed by atoms with Crippen LogP contribution < -0.4 is 14.2 Å². The smallest absolute Gasteiger partial charge is 0.310 e. The van der Waals surface area contributed by atoms with Crippen molar-refractivity contribution in [3.8, 4) is 11.5 Å². The maximum absolute atomic E-state index is 13.2. The monoisotopic (exact) mass is 462 g/mol. The molecule has 1 aliphatic rings. The Bertz CT molecular complexity index is 1100. The predicted molar refractivity (Wildman–Crippen MR) is 117 cm³/mol.